The van der Waals surface area contributed by atoms with Crippen LogP contribution in [0.2, 0.25) is 8.67 Å². The number of thioether (sulfide) groups is 1. The SMILES string of the molecule is O=C(O)C1CSCN1S(=O)(=O)c1cc(Cl)sc1Cl. The van der Waals surface area contributed by atoms with Gasteiger partial charge in [-0.15, -0.1) is 23.1 Å². The number of aliphatic carboxylic acids is 1. The van der Waals surface area contributed by atoms with E-state index in [1.807, 2.05) is 0 Å². The van der Waals surface area contributed by atoms with Gasteiger partial charge in [0, 0.05) is 5.75 Å². The molecule has 1 fully saturated rings. The number of nitrogens with zero attached hydrogens (tertiary/aromatic N) is 1. The summed E-state index contributed by atoms with van der Waals surface area (Å²) in [5.41, 5.74) is 0. The van der Waals surface area contributed by atoms with E-state index in [1.54, 1.807) is 0 Å². The summed E-state index contributed by atoms with van der Waals surface area (Å²) in [7, 11) is -3.92. The van der Waals surface area contributed by atoms with Crippen LogP contribution in [0, 0.1) is 0 Å². The lowest BCUT2D eigenvalue weighted by molar-refractivity contribution is -0.140. The van der Waals surface area contributed by atoms with Gasteiger partial charge in [-0.25, -0.2) is 8.42 Å². The average Bonchev–Trinajstić information content (AvgIpc) is 2.84. The molecule has 1 aromatic heterocycles. The van der Waals surface area contributed by atoms with Crippen molar-refractivity contribution in [2.75, 3.05) is 11.6 Å². The molecule has 0 aromatic carbocycles. The lowest BCUT2D eigenvalue weighted by Crippen LogP contribution is -2.41. The van der Waals surface area contributed by atoms with Crippen molar-refractivity contribution in [2.45, 2.75) is 10.9 Å². The first-order valence-corrected chi connectivity index (χ1v) is 8.78. The van der Waals surface area contributed by atoms with E-state index in [0.29, 0.717) is 0 Å². The number of carboxylic acid groups (broad SMARTS) is 1. The molecule has 0 saturated carbocycles. The topological polar surface area (TPSA) is 74.7 Å². The Labute approximate surface area is 122 Å². The van der Waals surface area contributed by atoms with Gasteiger partial charge in [-0.05, 0) is 6.07 Å². The van der Waals surface area contributed by atoms with Crippen LogP contribution in [-0.4, -0.2) is 41.5 Å². The smallest absolute Gasteiger partial charge is 0.322 e. The van der Waals surface area contributed by atoms with Crippen molar-refractivity contribution >= 4 is 62.3 Å². The van der Waals surface area contributed by atoms with Crippen molar-refractivity contribution in [3.8, 4) is 0 Å². The lowest BCUT2D eigenvalue weighted by atomic mass is 10.4. The molecule has 2 heterocycles. The summed E-state index contributed by atoms with van der Waals surface area (Å²) in [6, 6.07) is 0.181. The van der Waals surface area contributed by atoms with Gasteiger partial charge in [0.25, 0.3) is 0 Å². The van der Waals surface area contributed by atoms with Crippen LogP contribution >= 0.6 is 46.3 Å². The first kappa shape index (κ1) is 14.4. The molecule has 10 heteroatoms. The van der Waals surface area contributed by atoms with Crippen molar-refractivity contribution in [3.05, 3.63) is 14.7 Å². The number of thiophene rings is 1. The summed E-state index contributed by atoms with van der Waals surface area (Å²) in [6.45, 7) is 0. The third kappa shape index (κ3) is 2.50. The van der Waals surface area contributed by atoms with E-state index in [1.165, 1.54) is 17.8 Å². The third-order valence-electron chi connectivity index (χ3n) is 2.34. The lowest BCUT2D eigenvalue weighted by Gasteiger charge is -2.19. The number of carboxylic acids is 1. The summed E-state index contributed by atoms with van der Waals surface area (Å²) < 4.78 is 25.8. The molecule has 1 aliphatic heterocycles. The minimum Gasteiger partial charge on any atom is -0.480 e. The van der Waals surface area contributed by atoms with Gasteiger partial charge in [-0.3, -0.25) is 4.79 Å². The second-order valence-electron chi connectivity index (χ2n) is 3.43. The normalized spacial score (nSPS) is 21.3. The predicted octanol–water partition coefficient (Wildman–Crippen LogP) is 2.20. The number of halogens is 2. The molecule has 18 heavy (non-hydrogen) atoms. The second-order valence-corrected chi connectivity index (χ2v) is 8.58. The highest BCUT2D eigenvalue weighted by Gasteiger charge is 2.41. The van der Waals surface area contributed by atoms with Gasteiger partial charge >= 0.3 is 5.97 Å². The van der Waals surface area contributed by atoms with E-state index in [-0.39, 0.29) is 25.2 Å². The molecule has 1 aliphatic rings. The van der Waals surface area contributed by atoms with Gasteiger partial charge in [0.2, 0.25) is 10.0 Å². The van der Waals surface area contributed by atoms with Crippen LogP contribution in [0.5, 0.6) is 0 Å². The van der Waals surface area contributed by atoms with Crippen molar-refractivity contribution < 1.29 is 18.3 Å². The molecule has 0 radical (unpaired) electrons. The molecule has 0 bridgehead atoms. The number of hydrogen-bond acceptors (Lipinski definition) is 5. The summed E-state index contributed by atoms with van der Waals surface area (Å²) >= 11 is 13.7. The first-order valence-electron chi connectivity index (χ1n) is 4.61. The average molecular weight is 348 g/mol. The zero-order valence-electron chi connectivity index (χ0n) is 8.67. The van der Waals surface area contributed by atoms with Gasteiger partial charge in [0.1, 0.15) is 15.3 Å². The van der Waals surface area contributed by atoms with Crippen LogP contribution in [-0.2, 0) is 14.8 Å². The molecule has 1 saturated heterocycles. The summed E-state index contributed by atoms with van der Waals surface area (Å²) in [6.07, 6.45) is 0. The van der Waals surface area contributed by atoms with Gasteiger partial charge in [-0.2, -0.15) is 4.31 Å². The van der Waals surface area contributed by atoms with Crippen LogP contribution in [0.3, 0.4) is 0 Å². The molecule has 1 unspecified atom stereocenters. The fraction of sp³-hybridized carbons (Fsp3) is 0.375. The van der Waals surface area contributed by atoms with Crippen molar-refractivity contribution in [2.24, 2.45) is 0 Å². The first-order chi connectivity index (χ1) is 8.34. The molecular formula is C8H7Cl2NO4S3. The number of sulfonamides is 1. The maximum atomic E-state index is 12.3. The molecule has 1 aromatic rings. The van der Waals surface area contributed by atoms with Crippen molar-refractivity contribution in [3.63, 3.8) is 0 Å². The van der Waals surface area contributed by atoms with Gasteiger partial charge < -0.3 is 5.11 Å². The van der Waals surface area contributed by atoms with Gasteiger partial charge in [0.05, 0.1) is 10.2 Å². The fourth-order valence-electron chi connectivity index (χ4n) is 1.49. The molecule has 5 nitrogen and oxygen atoms in total. The zero-order valence-corrected chi connectivity index (χ0v) is 12.6. The number of carbonyl (C=O) groups is 1. The molecular weight excluding hydrogens is 341 g/mol. The quantitative estimate of drug-likeness (QED) is 0.907. The predicted molar refractivity (Wildman–Crippen MR) is 72.1 cm³/mol. The van der Waals surface area contributed by atoms with E-state index in [4.69, 9.17) is 28.3 Å². The van der Waals surface area contributed by atoms with E-state index < -0.39 is 22.0 Å². The Balaban J connectivity index is 2.43. The Bertz CT molecular complexity index is 585. The van der Waals surface area contributed by atoms with E-state index >= 15 is 0 Å². The van der Waals surface area contributed by atoms with E-state index in [9.17, 15) is 13.2 Å². The molecule has 0 aliphatic carbocycles. The highest BCUT2D eigenvalue weighted by atomic mass is 35.5. The molecule has 1 atom stereocenters. The Morgan fingerprint density at radius 1 is 1.50 bits per heavy atom. The largest absolute Gasteiger partial charge is 0.480 e. The van der Waals surface area contributed by atoms with Crippen molar-refractivity contribution in [1.82, 2.24) is 4.31 Å². The van der Waals surface area contributed by atoms with Crippen LogP contribution in [0.1, 0.15) is 0 Å². The summed E-state index contributed by atoms with van der Waals surface area (Å²) in [5.74, 6) is -0.839. The number of hydrogen-bond donors (Lipinski definition) is 1. The molecule has 100 valence electrons. The zero-order chi connectivity index (χ0) is 13.5. The van der Waals surface area contributed by atoms with Crippen LogP contribution in [0.25, 0.3) is 0 Å². The second kappa shape index (κ2) is 5.18. The molecule has 2 rings (SSSR count). The Morgan fingerprint density at radius 3 is 2.67 bits per heavy atom. The Hall–Kier alpha value is 0.01000. The van der Waals surface area contributed by atoms with Crippen molar-refractivity contribution in [1.29, 1.82) is 0 Å². The van der Waals surface area contributed by atoms with Crippen LogP contribution in [0.15, 0.2) is 11.0 Å². The maximum absolute atomic E-state index is 12.3. The standard InChI is InChI=1S/C8H7Cl2NO4S3/c9-6-1-5(7(10)17-6)18(14,15)11-3-16-2-4(11)8(12)13/h1,4H,2-3H2,(H,12,13). The van der Waals surface area contributed by atoms with E-state index in [2.05, 4.69) is 0 Å². The van der Waals surface area contributed by atoms with Gasteiger partial charge in [0.15, 0.2) is 0 Å². The summed E-state index contributed by atoms with van der Waals surface area (Å²) in [5, 5.41) is 8.99. The minimum absolute atomic E-state index is 0.0426. The van der Waals surface area contributed by atoms with Gasteiger partial charge in [-0.1, -0.05) is 23.2 Å². The van der Waals surface area contributed by atoms with E-state index in [0.717, 1.165) is 15.6 Å². The Morgan fingerprint density at radius 2 is 2.17 bits per heavy atom. The molecule has 0 spiro atoms. The molecule has 0 amide bonds. The Kier molecular flexibility index (Phi) is 4.15. The maximum Gasteiger partial charge on any atom is 0.322 e. The minimum atomic E-state index is -3.92. The third-order valence-corrected chi connectivity index (χ3v) is 7.12. The fourth-order valence-corrected chi connectivity index (χ4v) is 6.74. The highest BCUT2D eigenvalue weighted by molar-refractivity contribution is 8.00. The van der Waals surface area contributed by atoms with Crippen LogP contribution < -0.4 is 0 Å². The highest BCUT2D eigenvalue weighted by Crippen LogP contribution is 2.38. The monoisotopic (exact) mass is 347 g/mol. The van der Waals surface area contributed by atoms with Crippen LogP contribution in [0.4, 0.5) is 0 Å². The number of rotatable bonds is 3. The summed E-state index contributed by atoms with van der Waals surface area (Å²) in [4.78, 5) is 10.9. The molecule has 1 N–H and O–H groups in total.